The summed E-state index contributed by atoms with van der Waals surface area (Å²) in [6.45, 7) is 0. The Hall–Kier alpha value is -3.39. The molecule has 0 fully saturated rings. The van der Waals surface area contributed by atoms with Crippen LogP contribution in [0.3, 0.4) is 0 Å². The van der Waals surface area contributed by atoms with E-state index in [1.807, 2.05) is 103 Å². The molecule has 0 N–H and O–H groups in total. The van der Waals surface area contributed by atoms with Gasteiger partial charge in [0.2, 0.25) is 0 Å². The van der Waals surface area contributed by atoms with Gasteiger partial charge in [-0.1, -0.05) is 78.9 Å². The summed E-state index contributed by atoms with van der Waals surface area (Å²) in [5, 5.41) is 0. The molecule has 0 unspecified atom stereocenters. The Morgan fingerprint density at radius 1 is 0.520 bits per heavy atom. The molecule has 0 aliphatic carbocycles. The molecule has 4 aromatic rings. The van der Waals surface area contributed by atoms with Crippen LogP contribution in [0, 0.1) is 0 Å². The summed E-state index contributed by atoms with van der Waals surface area (Å²) < 4.78 is 1.81. The largest absolute Gasteiger partial charge is 0.276 e. The van der Waals surface area contributed by atoms with Crippen LogP contribution in [0.15, 0.2) is 103 Å². The van der Waals surface area contributed by atoms with Crippen molar-refractivity contribution >= 4 is 5.91 Å². The van der Waals surface area contributed by atoms with Gasteiger partial charge in [-0.3, -0.25) is 9.36 Å². The zero-order valence-electron chi connectivity index (χ0n) is 13.7. The predicted molar refractivity (Wildman–Crippen MR) is 101 cm³/mol. The van der Waals surface area contributed by atoms with E-state index >= 15 is 0 Å². The Labute approximate surface area is 147 Å². The lowest BCUT2D eigenvalue weighted by Gasteiger charge is -2.13. The van der Waals surface area contributed by atoms with Crippen LogP contribution in [-0.2, 0) is 0 Å². The van der Waals surface area contributed by atoms with Crippen LogP contribution < -0.4 is 0 Å². The quantitative estimate of drug-likeness (QED) is 0.487. The smallest absolute Gasteiger partial charge is 0.262 e. The molecule has 0 atom stereocenters. The van der Waals surface area contributed by atoms with Crippen molar-refractivity contribution in [3.63, 3.8) is 0 Å². The Morgan fingerprint density at radius 3 is 1.36 bits per heavy atom. The number of hydrogen-bond donors (Lipinski definition) is 0. The standard InChI is InChI=1S/C23H17NO/c25-23(20-14-8-3-9-15-20)24-21(18-10-4-1-5-11-18)16-17-22(24)19-12-6-2-7-13-19/h1-17H. The van der Waals surface area contributed by atoms with Crippen LogP contribution in [0.1, 0.15) is 10.4 Å². The second kappa shape index (κ2) is 6.62. The maximum Gasteiger partial charge on any atom is 0.262 e. The van der Waals surface area contributed by atoms with Gasteiger partial charge in [0.15, 0.2) is 0 Å². The molecule has 0 bridgehead atoms. The van der Waals surface area contributed by atoms with Crippen molar-refractivity contribution < 1.29 is 4.79 Å². The van der Waals surface area contributed by atoms with E-state index in [1.165, 1.54) is 0 Å². The lowest BCUT2D eigenvalue weighted by atomic mass is 10.1. The number of aromatic nitrogens is 1. The fourth-order valence-electron chi connectivity index (χ4n) is 3.03. The molecule has 1 heterocycles. The number of rotatable bonds is 3. The fourth-order valence-corrected chi connectivity index (χ4v) is 3.03. The zero-order valence-corrected chi connectivity index (χ0v) is 13.7. The van der Waals surface area contributed by atoms with Crippen molar-refractivity contribution in [2.75, 3.05) is 0 Å². The molecular weight excluding hydrogens is 306 g/mol. The van der Waals surface area contributed by atoms with Crippen LogP contribution >= 0.6 is 0 Å². The van der Waals surface area contributed by atoms with Gasteiger partial charge in [-0.15, -0.1) is 0 Å². The maximum atomic E-state index is 13.3. The van der Waals surface area contributed by atoms with Gasteiger partial charge in [0.25, 0.3) is 5.91 Å². The lowest BCUT2D eigenvalue weighted by Crippen LogP contribution is -2.14. The Kier molecular flexibility index (Phi) is 4.01. The first kappa shape index (κ1) is 15.2. The van der Waals surface area contributed by atoms with E-state index in [0.29, 0.717) is 5.56 Å². The summed E-state index contributed by atoms with van der Waals surface area (Å²) in [5.41, 5.74) is 4.51. The summed E-state index contributed by atoms with van der Waals surface area (Å²) in [6, 6.07) is 33.4. The highest BCUT2D eigenvalue weighted by Crippen LogP contribution is 2.29. The highest BCUT2D eigenvalue weighted by molar-refractivity contribution is 6.01. The number of hydrogen-bond acceptors (Lipinski definition) is 1. The average molecular weight is 323 g/mol. The number of benzene rings is 3. The Balaban J connectivity index is 1.93. The second-order valence-corrected chi connectivity index (χ2v) is 5.84. The number of nitrogens with zero attached hydrogens (tertiary/aromatic N) is 1. The molecule has 25 heavy (non-hydrogen) atoms. The van der Waals surface area contributed by atoms with Gasteiger partial charge in [-0.05, 0) is 35.4 Å². The monoisotopic (exact) mass is 323 g/mol. The predicted octanol–water partition coefficient (Wildman–Crippen LogP) is 5.51. The van der Waals surface area contributed by atoms with Crippen molar-refractivity contribution in [3.8, 4) is 22.5 Å². The van der Waals surface area contributed by atoms with Gasteiger partial charge in [-0.25, -0.2) is 0 Å². The first-order chi connectivity index (χ1) is 12.3. The van der Waals surface area contributed by atoms with E-state index in [9.17, 15) is 4.79 Å². The van der Waals surface area contributed by atoms with Gasteiger partial charge in [0, 0.05) is 5.56 Å². The van der Waals surface area contributed by atoms with Gasteiger partial charge < -0.3 is 0 Å². The SMILES string of the molecule is O=C(c1ccccc1)n1c(-c2ccccc2)ccc1-c1ccccc1. The molecular formula is C23H17NO. The van der Waals surface area contributed by atoms with Gasteiger partial charge in [-0.2, -0.15) is 0 Å². The van der Waals surface area contributed by atoms with E-state index in [2.05, 4.69) is 0 Å². The normalized spacial score (nSPS) is 10.6. The van der Waals surface area contributed by atoms with Crippen molar-refractivity contribution in [1.29, 1.82) is 0 Å². The first-order valence-electron chi connectivity index (χ1n) is 8.27. The minimum absolute atomic E-state index is 0.0247. The third-order valence-corrected chi connectivity index (χ3v) is 4.24. The van der Waals surface area contributed by atoms with Crippen LogP contribution in [0.5, 0.6) is 0 Å². The Morgan fingerprint density at radius 2 is 0.920 bits per heavy atom. The topological polar surface area (TPSA) is 22.0 Å². The third-order valence-electron chi connectivity index (χ3n) is 4.24. The van der Waals surface area contributed by atoms with E-state index in [0.717, 1.165) is 22.5 Å². The van der Waals surface area contributed by atoms with E-state index in [1.54, 1.807) is 4.57 Å². The van der Waals surface area contributed by atoms with Gasteiger partial charge in [0.05, 0.1) is 11.4 Å². The average Bonchev–Trinajstić information content (AvgIpc) is 3.14. The number of carbonyl (C=O) groups is 1. The van der Waals surface area contributed by atoms with Crippen molar-refractivity contribution in [2.45, 2.75) is 0 Å². The molecule has 1 aromatic heterocycles. The van der Waals surface area contributed by atoms with Crippen LogP contribution in [0.25, 0.3) is 22.5 Å². The Bertz CT molecular complexity index is 929. The van der Waals surface area contributed by atoms with Gasteiger partial charge in [0.1, 0.15) is 0 Å². The highest BCUT2D eigenvalue weighted by Gasteiger charge is 2.18. The van der Waals surface area contributed by atoms with Crippen LogP contribution in [0.2, 0.25) is 0 Å². The lowest BCUT2D eigenvalue weighted by molar-refractivity contribution is 0.0964. The van der Waals surface area contributed by atoms with E-state index in [4.69, 9.17) is 0 Å². The van der Waals surface area contributed by atoms with Crippen molar-refractivity contribution in [3.05, 3.63) is 109 Å². The summed E-state index contributed by atoms with van der Waals surface area (Å²) in [4.78, 5) is 13.3. The van der Waals surface area contributed by atoms with E-state index in [-0.39, 0.29) is 5.91 Å². The minimum atomic E-state index is -0.0247. The molecule has 2 heteroatoms. The molecule has 4 rings (SSSR count). The maximum absolute atomic E-state index is 13.3. The molecule has 0 amide bonds. The molecule has 0 saturated carbocycles. The third kappa shape index (κ3) is 2.90. The minimum Gasteiger partial charge on any atom is -0.276 e. The summed E-state index contributed by atoms with van der Waals surface area (Å²) in [6.07, 6.45) is 0. The molecule has 0 aliphatic rings. The first-order valence-corrected chi connectivity index (χ1v) is 8.27. The van der Waals surface area contributed by atoms with Crippen LogP contribution in [0.4, 0.5) is 0 Å². The molecule has 0 aliphatic heterocycles. The number of carbonyl (C=O) groups excluding carboxylic acids is 1. The molecule has 0 spiro atoms. The van der Waals surface area contributed by atoms with Crippen molar-refractivity contribution in [1.82, 2.24) is 4.57 Å². The highest BCUT2D eigenvalue weighted by atomic mass is 16.2. The van der Waals surface area contributed by atoms with Crippen molar-refractivity contribution in [2.24, 2.45) is 0 Å². The molecule has 0 saturated heterocycles. The molecule has 120 valence electrons. The van der Waals surface area contributed by atoms with Gasteiger partial charge >= 0.3 is 0 Å². The molecule has 3 aromatic carbocycles. The van der Waals surface area contributed by atoms with E-state index < -0.39 is 0 Å². The van der Waals surface area contributed by atoms with Crippen LogP contribution in [-0.4, -0.2) is 10.5 Å². The fraction of sp³-hybridized carbons (Fsp3) is 0. The molecule has 2 nitrogen and oxygen atoms in total. The summed E-state index contributed by atoms with van der Waals surface area (Å²) >= 11 is 0. The molecule has 0 radical (unpaired) electrons. The second-order valence-electron chi connectivity index (χ2n) is 5.84. The summed E-state index contributed by atoms with van der Waals surface area (Å²) in [5.74, 6) is -0.0247. The zero-order chi connectivity index (χ0) is 17.1. The summed E-state index contributed by atoms with van der Waals surface area (Å²) in [7, 11) is 0.